The summed E-state index contributed by atoms with van der Waals surface area (Å²) in [6.07, 6.45) is -4.66. The lowest BCUT2D eigenvalue weighted by Gasteiger charge is -2.36. The zero-order valence-corrected chi connectivity index (χ0v) is 17.6. The normalized spacial score (nSPS) is 15.1. The van der Waals surface area contributed by atoms with Crippen LogP contribution in [-0.4, -0.2) is 43.1 Å². The number of nitrogens with zero attached hydrogens (tertiary/aromatic N) is 3. The summed E-state index contributed by atoms with van der Waals surface area (Å²) in [5, 5.41) is 12.2. The number of hydrogen-bond acceptors (Lipinski definition) is 7. The number of nitro groups is 1. The summed E-state index contributed by atoms with van der Waals surface area (Å²) < 4.78 is 49.3. The summed E-state index contributed by atoms with van der Waals surface area (Å²) in [6, 6.07) is 9.25. The van der Waals surface area contributed by atoms with E-state index in [0.29, 0.717) is 50.1 Å². The van der Waals surface area contributed by atoms with Crippen LogP contribution in [0.1, 0.15) is 11.1 Å². The first-order valence-electron chi connectivity index (χ1n) is 10.1. The first-order valence-corrected chi connectivity index (χ1v) is 10.1. The zero-order valence-electron chi connectivity index (χ0n) is 17.6. The van der Waals surface area contributed by atoms with E-state index in [1.54, 1.807) is 17.0 Å². The third-order valence-corrected chi connectivity index (χ3v) is 5.64. The molecular weight excluding hydrogens is 443 g/mol. The summed E-state index contributed by atoms with van der Waals surface area (Å²) >= 11 is 0. The summed E-state index contributed by atoms with van der Waals surface area (Å²) in [5.74, 6) is 0.564. The van der Waals surface area contributed by atoms with Gasteiger partial charge in [-0.25, -0.2) is 4.79 Å². The Morgan fingerprint density at radius 2 is 1.82 bits per heavy atom. The van der Waals surface area contributed by atoms with E-state index in [-0.39, 0.29) is 5.69 Å². The molecule has 11 heteroatoms. The highest BCUT2D eigenvalue weighted by molar-refractivity contribution is 5.81. The Kier molecular flexibility index (Phi) is 5.98. The molecule has 1 aromatic heterocycles. The van der Waals surface area contributed by atoms with Gasteiger partial charge in [0.15, 0.2) is 0 Å². The molecule has 2 heterocycles. The number of nitro benzene ring substituents is 1. The van der Waals surface area contributed by atoms with Gasteiger partial charge < -0.3 is 14.1 Å². The third-order valence-electron chi connectivity index (χ3n) is 5.64. The van der Waals surface area contributed by atoms with Crippen molar-refractivity contribution in [1.29, 1.82) is 0 Å². The monoisotopic (exact) mass is 463 g/mol. The maximum absolute atomic E-state index is 13.0. The van der Waals surface area contributed by atoms with Crippen molar-refractivity contribution in [3.05, 3.63) is 74.1 Å². The highest BCUT2D eigenvalue weighted by Gasteiger charge is 2.34. The van der Waals surface area contributed by atoms with E-state index in [0.717, 1.165) is 23.1 Å². The van der Waals surface area contributed by atoms with Gasteiger partial charge in [0.05, 0.1) is 17.6 Å². The average Bonchev–Trinajstić information content (AvgIpc) is 2.78. The Labute approximate surface area is 185 Å². The maximum Gasteiger partial charge on any atom is 0.416 e. The van der Waals surface area contributed by atoms with Crippen molar-refractivity contribution in [2.75, 3.05) is 38.2 Å². The lowest BCUT2D eigenvalue weighted by atomic mass is 10.1. The van der Waals surface area contributed by atoms with Crippen LogP contribution in [0.25, 0.3) is 11.0 Å². The van der Waals surface area contributed by atoms with Gasteiger partial charge in [0, 0.05) is 56.3 Å². The molecule has 0 N–H and O–H groups in total. The minimum absolute atomic E-state index is 0.158. The van der Waals surface area contributed by atoms with Crippen LogP contribution >= 0.6 is 0 Å². The largest absolute Gasteiger partial charge is 0.497 e. The van der Waals surface area contributed by atoms with E-state index in [1.165, 1.54) is 13.2 Å². The second kappa shape index (κ2) is 8.74. The fraction of sp³-hybridized carbons (Fsp3) is 0.318. The van der Waals surface area contributed by atoms with E-state index in [9.17, 15) is 28.1 Å². The molecule has 0 saturated carbocycles. The van der Waals surface area contributed by atoms with Crippen LogP contribution in [0.15, 0.2) is 51.7 Å². The number of anilines is 1. The van der Waals surface area contributed by atoms with Crippen molar-refractivity contribution in [3.63, 3.8) is 0 Å². The van der Waals surface area contributed by atoms with Crippen molar-refractivity contribution in [3.8, 4) is 5.75 Å². The Morgan fingerprint density at radius 1 is 1.09 bits per heavy atom. The molecule has 0 radical (unpaired) electrons. The fourth-order valence-corrected chi connectivity index (χ4v) is 3.97. The minimum Gasteiger partial charge on any atom is -0.497 e. The molecule has 0 unspecified atom stereocenters. The van der Waals surface area contributed by atoms with Gasteiger partial charge in [0.2, 0.25) is 0 Å². The SMILES string of the molecule is COc1ccc2c(CN3CCN(c4ccc(C(F)(F)F)cc4[N+](=O)[O-])CC3)cc(=O)oc2c1. The molecule has 0 aliphatic carbocycles. The second-order valence-corrected chi connectivity index (χ2v) is 7.67. The fourth-order valence-electron chi connectivity index (χ4n) is 3.97. The number of piperazine rings is 1. The molecular formula is C22H20F3N3O5. The molecule has 2 aromatic carbocycles. The number of methoxy groups -OCH3 is 1. The van der Waals surface area contributed by atoms with Crippen molar-refractivity contribution in [2.24, 2.45) is 0 Å². The third kappa shape index (κ3) is 4.77. The number of alkyl halides is 3. The average molecular weight is 463 g/mol. The van der Waals surface area contributed by atoms with Crippen molar-refractivity contribution < 1.29 is 27.2 Å². The number of benzene rings is 2. The van der Waals surface area contributed by atoms with Gasteiger partial charge in [-0.1, -0.05) is 0 Å². The van der Waals surface area contributed by atoms with Gasteiger partial charge in [-0.2, -0.15) is 13.2 Å². The molecule has 0 amide bonds. The molecule has 3 aromatic rings. The molecule has 1 aliphatic rings. The molecule has 1 saturated heterocycles. The van der Waals surface area contributed by atoms with Gasteiger partial charge in [0.25, 0.3) is 5.69 Å². The van der Waals surface area contributed by atoms with Gasteiger partial charge >= 0.3 is 11.8 Å². The number of hydrogen-bond donors (Lipinski definition) is 0. The predicted octanol–water partition coefficient (Wildman–Crippen LogP) is 4.05. The number of halogens is 3. The van der Waals surface area contributed by atoms with Crippen LogP contribution in [0.3, 0.4) is 0 Å². The van der Waals surface area contributed by atoms with E-state index < -0.39 is 28.0 Å². The number of rotatable bonds is 5. The molecule has 1 aliphatic heterocycles. The summed E-state index contributed by atoms with van der Waals surface area (Å²) in [4.78, 5) is 26.4. The second-order valence-electron chi connectivity index (χ2n) is 7.67. The molecule has 8 nitrogen and oxygen atoms in total. The van der Waals surface area contributed by atoms with Gasteiger partial charge in [-0.05, 0) is 29.8 Å². The predicted molar refractivity (Wildman–Crippen MR) is 115 cm³/mol. The van der Waals surface area contributed by atoms with E-state index in [4.69, 9.17) is 9.15 Å². The van der Waals surface area contributed by atoms with Crippen LogP contribution in [0.5, 0.6) is 5.75 Å². The lowest BCUT2D eigenvalue weighted by molar-refractivity contribution is -0.384. The zero-order chi connectivity index (χ0) is 23.8. The summed E-state index contributed by atoms with van der Waals surface area (Å²) in [6.45, 7) is 2.25. The van der Waals surface area contributed by atoms with Crippen molar-refractivity contribution in [1.82, 2.24) is 4.90 Å². The minimum atomic E-state index is -4.66. The van der Waals surface area contributed by atoms with Crippen molar-refractivity contribution in [2.45, 2.75) is 12.7 Å². The highest BCUT2D eigenvalue weighted by atomic mass is 19.4. The van der Waals surface area contributed by atoms with E-state index in [2.05, 4.69) is 4.90 Å². The van der Waals surface area contributed by atoms with Crippen molar-refractivity contribution >= 4 is 22.3 Å². The molecule has 0 bridgehead atoms. The first kappa shape index (κ1) is 22.6. The highest BCUT2D eigenvalue weighted by Crippen LogP contribution is 2.37. The molecule has 0 atom stereocenters. The quantitative estimate of drug-likeness (QED) is 0.320. The Bertz CT molecular complexity index is 1250. The van der Waals surface area contributed by atoms with Gasteiger partial charge in [0.1, 0.15) is 17.0 Å². The Morgan fingerprint density at radius 3 is 2.45 bits per heavy atom. The first-order chi connectivity index (χ1) is 15.7. The number of fused-ring (bicyclic) bond motifs is 1. The Hall–Kier alpha value is -3.60. The van der Waals surface area contributed by atoms with Crippen LogP contribution in [0, 0.1) is 10.1 Å². The summed E-state index contributed by atoms with van der Waals surface area (Å²) in [7, 11) is 1.52. The van der Waals surface area contributed by atoms with Gasteiger partial charge in [-0.15, -0.1) is 0 Å². The van der Waals surface area contributed by atoms with Crippen LogP contribution in [0.4, 0.5) is 24.5 Å². The topological polar surface area (TPSA) is 89.1 Å². The Balaban J connectivity index is 1.51. The standard InChI is InChI=1S/C22H20F3N3O5/c1-32-16-3-4-17-14(10-21(29)33-20(17)12-16)13-26-6-8-27(9-7-26)18-5-2-15(22(23,24)25)11-19(18)28(30)31/h2-5,10-12H,6-9,13H2,1H3. The lowest BCUT2D eigenvalue weighted by Crippen LogP contribution is -2.46. The molecule has 0 spiro atoms. The van der Waals surface area contributed by atoms with Crippen LogP contribution < -0.4 is 15.3 Å². The smallest absolute Gasteiger partial charge is 0.416 e. The van der Waals surface area contributed by atoms with E-state index >= 15 is 0 Å². The molecule has 4 rings (SSSR count). The molecule has 1 fully saturated rings. The summed E-state index contributed by atoms with van der Waals surface area (Å²) in [5.41, 5.74) is -0.758. The maximum atomic E-state index is 13.0. The molecule has 33 heavy (non-hydrogen) atoms. The van der Waals surface area contributed by atoms with Gasteiger partial charge in [-0.3, -0.25) is 15.0 Å². The number of ether oxygens (including phenoxy) is 1. The van der Waals surface area contributed by atoms with E-state index in [1.807, 2.05) is 6.07 Å². The van der Waals surface area contributed by atoms with Crippen LogP contribution in [-0.2, 0) is 12.7 Å². The van der Waals surface area contributed by atoms with Crippen LogP contribution in [0.2, 0.25) is 0 Å². The molecule has 174 valence electrons.